The minimum absolute atomic E-state index is 0.155. The molecule has 23 heavy (non-hydrogen) atoms. The van der Waals surface area contributed by atoms with Gasteiger partial charge in [-0.1, -0.05) is 6.08 Å². The molecule has 0 spiro atoms. The van der Waals surface area contributed by atoms with E-state index in [0.717, 1.165) is 6.08 Å². The molecule has 0 unspecified atom stereocenters. The highest BCUT2D eigenvalue weighted by Crippen LogP contribution is 2.09. The molecule has 0 fully saturated rings. The molecule has 1 aliphatic heterocycles. The normalized spacial score (nSPS) is 31.7. The Morgan fingerprint density at radius 2 is 1.65 bits per heavy atom. The third kappa shape index (κ3) is 7.60. The summed E-state index contributed by atoms with van der Waals surface area (Å²) < 4.78 is 15.2. The molecule has 4 atom stereocenters. The Bertz CT molecular complexity index is 493. The molecule has 0 amide bonds. The summed E-state index contributed by atoms with van der Waals surface area (Å²) in [6.07, 6.45) is 2.22. The highest BCUT2D eigenvalue weighted by Gasteiger charge is 2.21. The molecule has 0 aromatic heterocycles. The monoisotopic (exact) mass is 326 g/mol. The maximum absolute atomic E-state index is 11.8. The zero-order valence-electron chi connectivity index (χ0n) is 13.4. The summed E-state index contributed by atoms with van der Waals surface area (Å²) >= 11 is 0. The second kappa shape index (κ2) is 9.09. The van der Waals surface area contributed by atoms with Crippen molar-refractivity contribution in [2.45, 2.75) is 58.0 Å². The lowest BCUT2D eigenvalue weighted by Gasteiger charge is -2.18. The fourth-order valence-electron chi connectivity index (χ4n) is 1.83. The van der Waals surface area contributed by atoms with Gasteiger partial charge in [-0.05, 0) is 26.8 Å². The van der Waals surface area contributed by atoms with Crippen LogP contribution in [0.2, 0.25) is 0 Å². The van der Waals surface area contributed by atoms with Gasteiger partial charge in [0.25, 0.3) is 0 Å². The standard InChI is InChI=1S/C16H22O7/c1-10-5-4-6-14(18)22-11(2)9-16(20)23-13(12(3)17)7-8-15(19)21-10/h4,6-8,10-13,17H,5,9H2,1-3H3/b6-4+,8-7+/t10-,11+,12-,13+/m0/s1. The summed E-state index contributed by atoms with van der Waals surface area (Å²) in [6, 6.07) is 0. The van der Waals surface area contributed by atoms with Gasteiger partial charge >= 0.3 is 17.9 Å². The number of aliphatic hydroxyl groups excluding tert-OH is 1. The lowest BCUT2D eigenvalue weighted by Crippen LogP contribution is -2.29. The van der Waals surface area contributed by atoms with Crippen molar-refractivity contribution in [2.24, 2.45) is 0 Å². The largest absolute Gasteiger partial charge is 0.459 e. The maximum Gasteiger partial charge on any atom is 0.330 e. The van der Waals surface area contributed by atoms with E-state index in [4.69, 9.17) is 14.2 Å². The fraction of sp³-hybridized carbons (Fsp3) is 0.562. The van der Waals surface area contributed by atoms with Gasteiger partial charge in [0.2, 0.25) is 0 Å². The van der Waals surface area contributed by atoms with Gasteiger partial charge < -0.3 is 19.3 Å². The Balaban J connectivity index is 2.89. The summed E-state index contributed by atoms with van der Waals surface area (Å²) in [4.78, 5) is 35.0. The minimum Gasteiger partial charge on any atom is -0.459 e. The van der Waals surface area contributed by atoms with Crippen LogP contribution in [-0.4, -0.2) is 47.4 Å². The van der Waals surface area contributed by atoms with Gasteiger partial charge in [-0.25, -0.2) is 9.59 Å². The van der Waals surface area contributed by atoms with E-state index in [9.17, 15) is 19.5 Å². The second-order valence-electron chi connectivity index (χ2n) is 5.39. The third-order valence-corrected chi connectivity index (χ3v) is 2.98. The molecule has 1 rings (SSSR count). The van der Waals surface area contributed by atoms with Gasteiger partial charge in [-0.15, -0.1) is 0 Å². The van der Waals surface area contributed by atoms with Crippen molar-refractivity contribution in [3.05, 3.63) is 24.3 Å². The summed E-state index contributed by atoms with van der Waals surface area (Å²) in [7, 11) is 0. The highest BCUT2D eigenvalue weighted by molar-refractivity contribution is 5.83. The maximum atomic E-state index is 11.8. The molecule has 128 valence electrons. The molecule has 0 saturated carbocycles. The van der Waals surface area contributed by atoms with E-state index < -0.39 is 42.3 Å². The molecule has 7 nitrogen and oxygen atoms in total. The molecular formula is C16H22O7. The van der Waals surface area contributed by atoms with Crippen LogP contribution in [0.5, 0.6) is 0 Å². The SMILES string of the molecule is C[C@@H]1CC(=O)O[C@@H]([C@H](C)O)/C=C/C(=O)O[C@@H](C)C/C=C/C(=O)O1. The van der Waals surface area contributed by atoms with Crippen LogP contribution >= 0.6 is 0 Å². The number of aliphatic hydroxyl groups is 1. The number of hydrogen-bond acceptors (Lipinski definition) is 7. The molecule has 1 N–H and O–H groups in total. The molecular weight excluding hydrogens is 304 g/mol. The van der Waals surface area contributed by atoms with Crippen molar-refractivity contribution in [1.82, 2.24) is 0 Å². The van der Waals surface area contributed by atoms with E-state index in [1.165, 1.54) is 25.2 Å². The Hall–Kier alpha value is -2.15. The Labute approximate surface area is 134 Å². The molecule has 7 heteroatoms. The number of esters is 3. The Kier molecular flexibility index (Phi) is 7.47. The number of rotatable bonds is 1. The first kappa shape index (κ1) is 18.9. The first-order valence-corrected chi connectivity index (χ1v) is 7.41. The number of cyclic esters (lactones) is 3. The van der Waals surface area contributed by atoms with Gasteiger partial charge in [0.05, 0.1) is 12.5 Å². The van der Waals surface area contributed by atoms with Gasteiger partial charge in [0.15, 0.2) is 0 Å². The van der Waals surface area contributed by atoms with E-state index in [0.29, 0.717) is 6.42 Å². The quantitative estimate of drug-likeness (QED) is 0.568. The molecule has 0 bridgehead atoms. The van der Waals surface area contributed by atoms with Gasteiger partial charge in [-0.2, -0.15) is 0 Å². The molecule has 0 radical (unpaired) electrons. The minimum atomic E-state index is -1.00. The van der Waals surface area contributed by atoms with Crippen LogP contribution in [0.15, 0.2) is 24.3 Å². The van der Waals surface area contributed by atoms with Crippen LogP contribution in [0.25, 0.3) is 0 Å². The summed E-state index contributed by atoms with van der Waals surface area (Å²) in [5.41, 5.74) is 0. The van der Waals surface area contributed by atoms with E-state index in [-0.39, 0.29) is 6.42 Å². The highest BCUT2D eigenvalue weighted by atomic mass is 16.6. The van der Waals surface area contributed by atoms with Crippen molar-refractivity contribution >= 4 is 17.9 Å². The van der Waals surface area contributed by atoms with Gasteiger partial charge in [0.1, 0.15) is 18.3 Å². The van der Waals surface area contributed by atoms with Crippen LogP contribution in [0.4, 0.5) is 0 Å². The number of carbonyl (C=O) groups is 3. The van der Waals surface area contributed by atoms with Crippen LogP contribution in [0.3, 0.4) is 0 Å². The van der Waals surface area contributed by atoms with Crippen molar-refractivity contribution in [3.8, 4) is 0 Å². The van der Waals surface area contributed by atoms with E-state index in [1.807, 2.05) is 0 Å². The van der Waals surface area contributed by atoms with E-state index in [1.54, 1.807) is 13.8 Å². The smallest absolute Gasteiger partial charge is 0.330 e. The number of carbonyl (C=O) groups excluding carboxylic acids is 3. The lowest BCUT2D eigenvalue weighted by atomic mass is 10.2. The summed E-state index contributed by atoms with van der Waals surface area (Å²) in [5.74, 6) is -1.87. The molecule has 0 aliphatic carbocycles. The van der Waals surface area contributed by atoms with Crippen molar-refractivity contribution in [1.29, 1.82) is 0 Å². The predicted octanol–water partition coefficient (Wildman–Crippen LogP) is 1.05. The summed E-state index contributed by atoms with van der Waals surface area (Å²) in [5, 5.41) is 9.62. The lowest BCUT2D eigenvalue weighted by molar-refractivity contribution is -0.156. The zero-order valence-corrected chi connectivity index (χ0v) is 13.4. The van der Waals surface area contributed by atoms with Crippen LogP contribution < -0.4 is 0 Å². The van der Waals surface area contributed by atoms with Gasteiger partial charge in [-0.3, -0.25) is 4.79 Å². The molecule has 1 aliphatic rings. The summed E-state index contributed by atoms with van der Waals surface area (Å²) in [6.45, 7) is 4.67. The number of ether oxygens (including phenoxy) is 3. The zero-order chi connectivity index (χ0) is 17.4. The molecule has 0 saturated heterocycles. The van der Waals surface area contributed by atoms with E-state index >= 15 is 0 Å². The number of hydrogen-bond donors (Lipinski definition) is 1. The topological polar surface area (TPSA) is 99.1 Å². The first-order valence-electron chi connectivity index (χ1n) is 7.41. The molecule has 0 aromatic rings. The van der Waals surface area contributed by atoms with Crippen molar-refractivity contribution < 1.29 is 33.7 Å². The Morgan fingerprint density at radius 3 is 2.30 bits per heavy atom. The average molecular weight is 326 g/mol. The second-order valence-corrected chi connectivity index (χ2v) is 5.39. The molecule has 0 aromatic carbocycles. The van der Waals surface area contributed by atoms with Crippen LogP contribution in [0.1, 0.15) is 33.6 Å². The third-order valence-electron chi connectivity index (χ3n) is 2.98. The van der Waals surface area contributed by atoms with Crippen molar-refractivity contribution in [3.63, 3.8) is 0 Å². The Morgan fingerprint density at radius 1 is 1.04 bits per heavy atom. The van der Waals surface area contributed by atoms with Crippen LogP contribution in [0, 0.1) is 0 Å². The first-order chi connectivity index (χ1) is 10.8. The van der Waals surface area contributed by atoms with Crippen molar-refractivity contribution in [2.75, 3.05) is 0 Å². The fourth-order valence-corrected chi connectivity index (χ4v) is 1.83. The van der Waals surface area contributed by atoms with Gasteiger partial charge in [0, 0.05) is 18.6 Å². The average Bonchev–Trinajstić information content (AvgIpc) is 2.41. The van der Waals surface area contributed by atoms with Crippen LogP contribution in [-0.2, 0) is 28.6 Å². The van der Waals surface area contributed by atoms with E-state index in [2.05, 4.69) is 0 Å². The molecule has 1 heterocycles. The predicted molar refractivity (Wildman–Crippen MR) is 80.2 cm³/mol.